The van der Waals surface area contributed by atoms with E-state index in [4.69, 9.17) is 0 Å². The van der Waals surface area contributed by atoms with E-state index in [0.29, 0.717) is 5.82 Å². The summed E-state index contributed by atoms with van der Waals surface area (Å²) >= 11 is -0.256. The van der Waals surface area contributed by atoms with Crippen molar-refractivity contribution in [2.24, 2.45) is 0 Å². The van der Waals surface area contributed by atoms with Crippen LogP contribution in [0.25, 0.3) is 10.9 Å². The summed E-state index contributed by atoms with van der Waals surface area (Å²) in [6.07, 6.45) is 0.216. The Hall–Kier alpha value is -3.27. The second-order valence-electron chi connectivity index (χ2n) is 7.56. The lowest BCUT2D eigenvalue weighted by Gasteiger charge is -2.23. The molecule has 0 saturated carbocycles. The van der Waals surface area contributed by atoms with Crippen molar-refractivity contribution < 1.29 is 22.8 Å². The van der Waals surface area contributed by atoms with Gasteiger partial charge in [-0.1, -0.05) is 18.2 Å². The first-order valence-electron chi connectivity index (χ1n) is 9.68. The van der Waals surface area contributed by atoms with Gasteiger partial charge >= 0.3 is 11.5 Å². The summed E-state index contributed by atoms with van der Waals surface area (Å²) in [6.45, 7) is 1.63. The number of halogens is 3. The van der Waals surface area contributed by atoms with Gasteiger partial charge in [0.1, 0.15) is 11.4 Å². The topological polar surface area (TPSA) is 74.3 Å². The summed E-state index contributed by atoms with van der Waals surface area (Å²) in [5.74, 6) is 0.152. The molecule has 1 aromatic heterocycles. The Morgan fingerprint density at radius 1 is 1.12 bits per heavy atom. The number of nitrogens with zero attached hydrogens (tertiary/aromatic N) is 2. The standard InChI is InChI=1S/C22H19F3N4O2S/c1-21(12-13-11-18(26-2)27-17-6-4-3-5-16(13)17)19(30)29(20(31)28-21)14-7-9-15(10-8-14)32-22(23,24)25/h3-11H,12H2,1-2H3,(H,26,27)(H,28,31). The number of amides is 3. The van der Waals surface area contributed by atoms with Crippen molar-refractivity contribution in [2.45, 2.75) is 29.3 Å². The predicted molar refractivity (Wildman–Crippen MR) is 118 cm³/mol. The van der Waals surface area contributed by atoms with E-state index < -0.39 is 23.0 Å². The van der Waals surface area contributed by atoms with Crippen LogP contribution >= 0.6 is 11.8 Å². The molecule has 1 aliphatic rings. The van der Waals surface area contributed by atoms with Gasteiger partial charge in [0.15, 0.2) is 0 Å². The normalized spacial score (nSPS) is 18.8. The highest BCUT2D eigenvalue weighted by Crippen LogP contribution is 2.38. The molecule has 2 N–H and O–H groups in total. The number of alkyl halides is 3. The van der Waals surface area contributed by atoms with Crippen molar-refractivity contribution in [2.75, 3.05) is 17.3 Å². The molecular formula is C22H19F3N4O2S. The van der Waals surface area contributed by atoms with Gasteiger partial charge in [0, 0.05) is 23.8 Å². The van der Waals surface area contributed by atoms with Gasteiger partial charge in [0.25, 0.3) is 5.91 Å². The van der Waals surface area contributed by atoms with Crippen molar-refractivity contribution in [3.63, 3.8) is 0 Å². The molecule has 32 heavy (non-hydrogen) atoms. The van der Waals surface area contributed by atoms with Crippen LogP contribution in [-0.2, 0) is 11.2 Å². The lowest BCUT2D eigenvalue weighted by Crippen LogP contribution is -2.46. The third-order valence-corrected chi connectivity index (χ3v) is 5.93. The Kier molecular flexibility index (Phi) is 5.49. The first-order valence-corrected chi connectivity index (χ1v) is 10.5. The number of thioether (sulfide) groups is 1. The number of aromatic nitrogens is 1. The number of urea groups is 1. The van der Waals surface area contributed by atoms with Crippen molar-refractivity contribution in [1.82, 2.24) is 10.3 Å². The van der Waals surface area contributed by atoms with Gasteiger partial charge in [-0.15, -0.1) is 0 Å². The quantitative estimate of drug-likeness (QED) is 0.417. The first-order chi connectivity index (χ1) is 15.1. The van der Waals surface area contributed by atoms with Crippen LogP contribution in [0.1, 0.15) is 12.5 Å². The third-order valence-electron chi connectivity index (χ3n) is 5.19. The van der Waals surface area contributed by atoms with Crippen molar-refractivity contribution >= 4 is 46.1 Å². The number of benzene rings is 2. The van der Waals surface area contributed by atoms with E-state index in [1.165, 1.54) is 24.3 Å². The molecule has 6 nitrogen and oxygen atoms in total. The number of hydrogen-bond acceptors (Lipinski definition) is 5. The zero-order valence-electron chi connectivity index (χ0n) is 17.2. The van der Waals surface area contributed by atoms with Gasteiger partial charge in [0.2, 0.25) is 0 Å². The molecule has 1 fully saturated rings. The largest absolute Gasteiger partial charge is 0.446 e. The molecule has 3 aromatic rings. The molecule has 2 aromatic carbocycles. The monoisotopic (exact) mass is 460 g/mol. The van der Waals surface area contributed by atoms with Gasteiger partial charge in [-0.05, 0) is 60.6 Å². The predicted octanol–water partition coefficient (Wildman–Crippen LogP) is 4.95. The smallest absolute Gasteiger partial charge is 0.373 e. The van der Waals surface area contributed by atoms with Gasteiger partial charge in [-0.3, -0.25) is 4.79 Å². The average molecular weight is 460 g/mol. The minimum absolute atomic E-state index is 0.0288. The van der Waals surface area contributed by atoms with Crippen LogP contribution in [-0.4, -0.2) is 35.0 Å². The zero-order chi connectivity index (χ0) is 23.1. The highest BCUT2D eigenvalue weighted by Gasteiger charge is 2.48. The van der Waals surface area contributed by atoms with E-state index in [1.54, 1.807) is 14.0 Å². The van der Waals surface area contributed by atoms with Gasteiger partial charge in [-0.25, -0.2) is 14.7 Å². The van der Waals surface area contributed by atoms with Gasteiger partial charge in [0.05, 0.1) is 11.2 Å². The average Bonchev–Trinajstić information content (AvgIpc) is 2.95. The lowest BCUT2D eigenvalue weighted by molar-refractivity contribution is -0.121. The highest BCUT2D eigenvalue weighted by atomic mass is 32.2. The van der Waals surface area contributed by atoms with Crippen LogP contribution in [0.4, 0.5) is 29.5 Å². The van der Waals surface area contributed by atoms with E-state index in [2.05, 4.69) is 15.6 Å². The molecule has 3 amide bonds. The maximum atomic E-state index is 13.3. The minimum atomic E-state index is -4.42. The number of hydrogen-bond donors (Lipinski definition) is 2. The zero-order valence-corrected chi connectivity index (χ0v) is 18.0. The molecule has 0 radical (unpaired) electrons. The fourth-order valence-corrected chi connectivity index (χ4v) is 4.28. The molecular weight excluding hydrogens is 441 g/mol. The first kappa shape index (κ1) is 21.9. The van der Waals surface area contributed by atoms with Crippen molar-refractivity contribution in [3.05, 3.63) is 60.2 Å². The molecule has 0 bridgehead atoms. The number of fused-ring (bicyclic) bond motifs is 1. The van der Waals surface area contributed by atoms with Crippen LogP contribution in [0, 0.1) is 0 Å². The van der Waals surface area contributed by atoms with Gasteiger partial charge < -0.3 is 10.6 Å². The summed E-state index contributed by atoms with van der Waals surface area (Å²) in [5, 5.41) is 6.60. The number of para-hydroxylation sites is 1. The number of rotatable bonds is 5. The van der Waals surface area contributed by atoms with E-state index in [9.17, 15) is 22.8 Å². The number of carbonyl (C=O) groups is 2. The number of carbonyl (C=O) groups excluding carboxylic acids is 2. The van der Waals surface area contributed by atoms with Crippen LogP contribution in [0.2, 0.25) is 0 Å². The van der Waals surface area contributed by atoms with Crippen molar-refractivity contribution in [3.8, 4) is 0 Å². The second-order valence-corrected chi connectivity index (χ2v) is 8.69. The van der Waals surface area contributed by atoms with Crippen LogP contribution in [0.15, 0.2) is 59.5 Å². The summed E-state index contributed by atoms with van der Waals surface area (Å²) in [4.78, 5) is 31.4. The fourth-order valence-electron chi connectivity index (χ4n) is 3.74. The van der Waals surface area contributed by atoms with E-state index in [1.807, 2.05) is 30.3 Å². The number of imide groups is 1. The number of pyridine rings is 1. The molecule has 0 aliphatic carbocycles. The molecule has 1 atom stereocenters. The third kappa shape index (κ3) is 4.22. The lowest BCUT2D eigenvalue weighted by atomic mass is 9.91. The molecule has 0 spiro atoms. The summed E-state index contributed by atoms with van der Waals surface area (Å²) in [5.41, 5.74) is -3.86. The highest BCUT2D eigenvalue weighted by molar-refractivity contribution is 8.00. The van der Waals surface area contributed by atoms with Gasteiger partial charge in [-0.2, -0.15) is 13.2 Å². The van der Waals surface area contributed by atoms with Crippen LogP contribution in [0.5, 0.6) is 0 Å². The Morgan fingerprint density at radius 3 is 2.47 bits per heavy atom. The molecule has 1 saturated heterocycles. The summed E-state index contributed by atoms with van der Waals surface area (Å²) in [7, 11) is 1.74. The molecule has 4 rings (SSSR count). The van der Waals surface area contributed by atoms with Crippen LogP contribution in [0.3, 0.4) is 0 Å². The Labute approximate surface area is 186 Å². The summed E-state index contributed by atoms with van der Waals surface area (Å²) in [6, 6.07) is 13.8. The van der Waals surface area contributed by atoms with E-state index >= 15 is 0 Å². The molecule has 166 valence electrons. The molecule has 1 aliphatic heterocycles. The van der Waals surface area contributed by atoms with Crippen LogP contribution < -0.4 is 15.5 Å². The Bertz CT molecular complexity index is 1200. The second kappa shape index (κ2) is 8.01. The maximum Gasteiger partial charge on any atom is 0.446 e. The fraction of sp³-hybridized carbons (Fsp3) is 0.227. The number of nitrogens with one attached hydrogen (secondary N) is 2. The molecule has 2 heterocycles. The molecule has 1 unspecified atom stereocenters. The van der Waals surface area contributed by atoms with E-state index in [0.717, 1.165) is 21.4 Å². The SMILES string of the molecule is CNc1cc(CC2(C)NC(=O)N(c3ccc(SC(F)(F)F)cc3)C2=O)c2ccccc2n1. The minimum Gasteiger partial charge on any atom is -0.373 e. The maximum absolute atomic E-state index is 13.3. The molecule has 10 heteroatoms. The Balaban J connectivity index is 1.63. The Morgan fingerprint density at radius 2 is 1.81 bits per heavy atom. The van der Waals surface area contributed by atoms with Crippen molar-refractivity contribution in [1.29, 1.82) is 0 Å². The number of anilines is 2. The summed E-state index contributed by atoms with van der Waals surface area (Å²) < 4.78 is 37.7. The van der Waals surface area contributed by atoms with E-state index in [-0.39, 0.29) is 28.8 Å².